The van der Waals surface area contributed by atoms with Crippen molar-refractivity contribution in [3.05, 3.63) is 34.9 Å². The summed E-state index contributed by atoms with van der Waals surface area (Å²) in [5, 5.41) is 18.4. The minimum atomic E-state index is -0.636. The fourth-order valence-corrected chi connectivity index (χ4v) is 4.68. The molecule has 4 heteroatoms. The van der Waals surface area contributed by atoms with Crippen molar-refractivity contribution in [2.45, 2.75) is 33.6 Å². The van der Waals surface area contributed by atoms with E-state index in [1.807, 2.05) is 32.9 Å². The lowest BCUT2D eigenvalue weighted by Crippen LogP contribution is -2.51. The van der Waals surface area contributed by atoms with E-state index in [0.29, 0.717) is 0 Å². The van der Waals surface area contributed by atoms with Gasteiger partial charge in [0.25, 0.3) is 0 Å². The second kappa shape index (κ2) is 4.77. The molecule has 0 spiro atoms. The van der Waals surface area contributed by atoms with Gasteiger partial charge in [0.1, 0.15) is 12.1 Å². The predicted octanol–water partition coefficient (Wildman–Crippen LogP) is 3.04. The number of rotatable bonds is 0. The summed E-state index contributed by atoms with van der Waals surface area (Å²) in [6.07, 6.45) is 6.71. The van der Waals surface area contributed by atoms with Gasteiger partial charge in [-0.2, -0.15) is 10.5 Å². The van der Waals surface area contributed by atoms with Crippen molar-refractivity contribution in [3.8, 4) is 12.1 Å². The molecule has 0 radical (unpaired) electrons. The standard InChI is InChI=1S/C19H18N2O2/c1-18(2)16-5-4-11-6-12(9-20)15(22)7-14(11)19(16,3)8-13(10-21)17(18)23/h6-8,11,16H,4-5H2,1-3H3/t11?,16-,19+/m0/s1. The maximum atomic E-state index is 12.6. The smallest absolute Gasteiger partial charge is 0.196 e. The molecule has 0 bridgehead atoms. The highest BCUT2D eigenvalue weighted by Crippen LogP contribution is 2.59. The first-order valence-electron chi connectivity index (χ1n) is 7.81. The van der Waals surface area contributed by atoms with Crippen LogP contribution in [0.15, 0.2) is 34.9 Å². The number of carbonyl (C=O) groups excluding carboxylic acids is 2. The average molecular weight is 306 g/mol. The van der Waals surface area contributed by atoms with Crippen LogP contribution in [-0.2, 0) is 9.59 Å². The lowest BCUT2D eigenvalue weighted by molar-refractivity contribution is -0.129. The molecule has 116 valence electrons. The van der Waals surface area contributed by atoms with Crippen LogP contribution >= 0.6 is 0 Å². The van der Waals surface area contributed by atoms with Gasteiger partial charge in [0, 0.05) is 16.7 Å². The molecule has 4 nitrogen and oxygen atoms in total. The summed E-state index contributed by atoms with van der Waals surface area (Å²) in [4.78, 5) is 24.7. The van der Waals surface area contributed by atoms with Crippen molar-refractivity contribution < 1.29 is 9.59 Å². The Kier molecular flexibility index (Phi) is 3.20. The van der Waals surface area contributed by atoms with E-state index in [-0.39, 0.29) is 34.5 Å². The van der Waals surface area contributed by atoms with Crippen LogP contribution < -0.4 is 0 Å². The Morgan fingerprint density at radius 3 is 2.35 bits per heavy atom. The molecule has 1 saturated carbocycles. The van der Waals surface area contributed by atoms with E-state index in [1.165, 1.54) is 0 Å². The summed E-state index contributed by atoms with van der Waals surface area (Å²) in [6.45, 7) is 5.80. The molecule has 0 aromatic carbocycles. The largest absolute Gasteiger partial charge is 0.293 e. The number of hydrogen-bond acceptors (Lipinski definition) is 4. The molecular formula is C19H18N2O2. The molecule has 3 atom stereocenters. The van der Waals surface area contributed by atoms with E-state index in [0.717, 1.165) is 18.4 Å². The van der Waals surface area contributed by atoms with Crippen LogP contribution in [0.4, 0.5) is 0 Å². The SMILES string of the molecule is CC1(C)C(=O)C(C#N)=C[C@]2(C)C3=CC(=O)C(C#N)=CC3CC[C@@H]12. The topological polar surface area (TPSA) is 81.7 Å². The van der Waals surface area contributed by atoms with Crippen molar-refractivity contribution in [3.63, 3.8) is 0 Å². The number of hydrogen-bond donors (Lipinski definition) is 0. The van der Waals surface area contributed by atoms with Crippen molar-refractivity contribution in [1.29, 1.82) is 10.5 Å². The highest BCUT2D eigenvalue weighted by molar-refractivity contribution is 6.09. The molecule has 0 saturated heterocycles. The van der Waals surface area contributed by atoms with Gasteiger partial charge in [-0.05, 0) is 30.4 Å². The Hall–Kier alpha value is -2.46. The fourth-order valence-electron chi connectivity index (χ4n) is 4.68. The van der Waals surface area contributed by atoms with Crippen LogP contribution in [-0.4, -0.2) is 11.6 Å². The Balaban J connectivity index is 2.19. The summed E-state index contributed by atoms with van der Waals surface area (Å²) in [7, 11) is 0. The van der Waals surface area contributed by atoms with Gasteiger partial charge >= 0.3 is 0 Å². The number of allylic oxidation sites excluding steroid dienone is 6. The minimum Gasteiger partial charge on any atom is -0.293 e. The molecule has 0 aromatic heterocycles. The number of nitriles is 2. The van der Waals surface area contributed by atoms with E-state index in [1.54, 1.807) is 18.2 Å². The molecule has 3 aliphatic carbocycles. The average Bonchev–Trinajstić information content (AvgIpc) is 2.51. The summed E-state index contributed by atoms with van der Waals surface area (Å²) in [6, 6.07) is 3.99. The Labute approximate surface area is 135 Å². The number of fused-ring (bicyclic) bond motifs is 3. The molecule has 0 amide bonds. The van der Waals surface area contributed by atoms with Gasteiger partial charge < -0.3 is 0 Å². The number of nitrogens with zero attached hydrogens (tertiary/aromatic N) is 2. The van der Waals surface area contributed by atoms with Crippen LogP contribution in [0.3, 0.4) is 0 Å². The first-order chi connectivity index (χ1) is 10.8. The van der Waals surface area contributed by atoms with E-state index in [2.05, 4.69) is 0 Å². The summed E-state index contributed by atoms with van der Waals surface area (Å²) in [5.74, 6) is -0.310. The van der Waals surface area contributed by atoms with Crippen molar-refractivity contribution in [2.24, 2.45) is 22.7 Å². The highest BCUT2D eigenvalue weighted by atomic mass is 16.1. The number of Topliss-reactive ketones (excluding diaryl/α,β-unsaturated/α-hetero) is 1. The van der Waals surface area contributed by atoms with Gasteiger partial charge in [0.2, 0.25) is 0 Å². The lowest BCUT2D eigenvalue weighted by atomic mass is 9.48. The molecule has 0 N–H and O–H groups in total. The van der Waals surface area contributed by atoms with Crippen molar-refractivity contribution in [2.75, 3.05) is 0 Å². The summed E-state index contributed by atoms with van der Waals surface area (Å²) < 4.78 is 0. The monoisotopic (exact) mass is 306 g/mol. The van der Waals surface area contributed by atoms with Gasteiger partial charge in [-0.15, -0.1) is 0 Å². The lowest BCUT2D eigenvalue weighted by Gasteiger charge is -2.53. The van der Waals surface area contributed by atoms with E-state index >= 15 is 0 Å². The van der Waals surface area contributed by atoms with Crippen molar-refractivity contribution >= 4 is 11.6 Å². The van der Waals surface area contributed by atoms with E-state index in [9.17, 15) is 14.9 Å². The third kappa shape index (κ3) is 1.95. The Bertz CT molecular complexity index is 798. The van der Waals surface area contributed by atoms with Crippen LogP contribution in [0, 0.1) is 45.3 Å². The minimum absolute atomic E-state index is 0.0313. The molecule has 3 aliphatic rings. The van der Waals surface area contributed by atoms with Crippen LogP contribution in [0.25, 0.3) is 0 Å². The Morgan fingerprint density at radius 2 is 1.74 bits per heavy atom. The van der Waals surface area contributed by atoms with Crippen LogP contribution in [0.2, 0.25) is 0 Å². The van der Waals surface area contributed by atoms with Gasteiger partial charge in [0.15, 0.2) is 11.6 Å². The fraction of sp³-hybridized carbons (Fsp3) is 0.474. The predicted molar refractivity (Wildman–Crippen MR) is 83.6 cm³/mol. The summed E-state index contributed by atoms with van der Waals surface area (Å²) in [5.41, 5.74) is 0.168. The van der Waals surface area contributed by atoms with E-state index in [4.69, 9.17) is 5.26 Å². The van der Waals surface area contributed by atoms with Gasteiger partial charge in [-0.1, -0.05) is 32.9 Å². The summed E-state index contributed by atoms with van der Waals surface area (Å²) >= 11 is 0. The molecule has 0 heterocycles. The van der Waals surface area contributed by atoms with Crippen molar-refractivity contribution in [1.82, 2.24) is 0 Å². The first-order valence-corrected chi connectivity index (χ1v) is 7.81. The normalized spacial score (nSPS) is 34.9. The Morgan fingerprint density at radius 1 is 1.09 bits per heavy atom. The zero-order valence-corrected chi connectivity index (χ0v) is 13.5. The van der Waals surface area contributed by atoms with Crippen LogP contribution in [0.1, 0.15) is 33.6 Å². The maximum Gasteiger partial charge on any atom is 0.196 e. The molecule has 3 rings (SSSR count). The second-order valence-electron chi connectivity index (χ2n) is 7.40. The van der Waals surface area contributed by atoms with E-state index < -0.39 is 10.8 Å². The van der Waals surface area contributed by atoms with Crippen LogP contribution in [0.5, 0.6) is 0 Å². The third-order valence-corrected chi connectivity index (χ3v) is 5.82. The number of carbonyl (C=O) groups is 2. The molecule has 0 aromatic rings. The first kappa shape index (κ1) is 15.4. The maximum absolute atomic E-state index is 12.6. The molecule has 1 unspecified atom stereocenters. The number of ketones is 2. The molecule has 23 heavy (non-hydrogen) atoms. The van der Waals surface area contributed by atoms with Gasteiger partial charge in [-0.3, -0.25) is 9.59 Å². The zero-order chi connectivity index (χ0) is 17.0. The van der Waals surface area contributed by atoms with Gasteiger partial charge in [-0.25, -0.2) is 0 Å². The highest BCUT2D eigenvalue weighted by Gasteiger charge is 2.55. The van der Waals surface area contributed by atoms with Gasteiger partial charge in [0.05, 0.1) is 11.1 Å². The molecule has 1 fully saturated rings. The molecular weight excluding hydrogens is 288 g/mol. The third-order valence-electron chi connectivity index (χ3n) is 5.82. The second-order valence-corrected chi connectivity index (χ2v) is 7.40. The molecule has 0 aliphatic heterocycles. The quantitative estimate of drug-likeness (QED) is 0.688. The zero-order valence-electron chi connectivity index (χ0n) is 13.5.